The van der Waals surface area contributed by atoms with Crippen molar-refractivity contribution in [1.29, 1.82) is 0 Å². The molecule has 0 bridgehead atoms. The molecule has 0 spiro atoms. The van der Waals surface area contributed by atoms with Crippen molar-refractivity contribution in [2.75, 3.05) is 18.4 Å². The maximum absolute atomic E-state index is 12.7. The van der Waals surface area contributed by atoms with Crippen molar-refractivity contribution in [1.82, 2.24) is 4.90 Å². The maximum atomic E-state index is 12.7. The van der Waals surface area contributed by atoms with E-state index in [1.165, 1.54) is 11.8 Å². The number of nitrogens with one attached hydrogen (secondary N) is 1. The highest BCUT2D eigenvalue weighted by molar-refractivity contribution is 5.94. The molecule has 1 aliphatic heterocycles. The molecular weight excluding hydrogens is 328 g/mol. The maximum Gasteiger partial charge on any atom is 0.289 e. The van der Waals surface area contributed by atoms with Gasteiger partial charge < -0.3 is 14.6 Å². The Balaban J connectivity index is 1.59. The van der Waals surface area contributed by atoms with Gasteiger partial charge in [-0.2, -0.15) is 0 Å². The Bertz CT molecular complexity index is 746. The number of hydrogen-bond donors (Lipinski definition) is 1. The van der Waals surface area contributed by atoms with Crippen LogP contribution in [0.4, 0.5) is 5.69 Å². The van der Waals surface area contributed by atoms with Crippen LogP contribution in [0, 0.1) is 5.92 Å². The number of carbonyl (C=O) groups excluding carboxylic acids is 2. The van der Waals surface area contributed by atoms with E-state index in [1.807, 2.05) is 18.2 Å². The van der Waals surface area contributed by atoms with E-state index in [2.05, 4.69) is 25.2 Å². The van der Waals surface area contributed by atoms with Crippen molar-refractivity contribution in [3.8, 4) is 0 Å². The average Bonchev–Trinajstić information content (AvgIpc) is 3.22. The summed E-state index contributed by atoms with van der Waals surface area (Å²) < 4.78 is 5.18. The Hall–Kier alpha value is -2.56. The molecule has 1 fully saturated rings. The Morgan fingerprint density at radius 2 is 1.92 bits per heavy atom. The third kappa shape index (κ3) is 3.98. The lowest BCUT2D eigenvalue weighted by atomic mass is 9.94. The van der Waals surface area contributed by atoms with Crippen molar-refractivity contribution in [2.24, 2.45) is 5.92 Å². The summed E-state index contributed by atoms with van der Waals surface area (Å²) in [6.45, 7) is 5.47. The average molecular weight is 354 g/mol. The highest BCUT2D eigenvalue weighted by Crippen LogP contribution is 2.28. The minimum Gasteiger partial charge on any atom is -0.459 e. The van der Waals surface area contributed by atoms with E-state index in [-0.39, 0.29) is 17.7 Å². The van der Waals surface area contributed by atoms with E-state index in [4.69, 9.17) is 4.42 Å². The van der Waals surface area contributed by atoms with Gasteiger partial charge in [0.05, 0.1) is 6.26 Å². The van der Waals surface area contributed by atoms with Crippen molar-refractivity contribution >= 4 is 17.5 Å². The van der Waals surface area contributed by atoms with Crippen LogP contribution < -0.4 is 5.32 Å². The zero-order chi connectivity index (χ0) is 18.5. The molecule has 5 nitrogen and oxygen atoms in total. The number of amides is 2. The van der Waals surface area contributed by atoms with E-state index in [1.54, 1.807) is 17.0 Å². The second kappa shape index (κ2) is 8.21. The number of carbonyl (C=O) groups is 2. The smallest absolute Gasteiger partial charge is 0.289 e. The monoisotopic (exact) mass is 354 g/mol. The topological polar surface area (TPSA) is 62.6 Å². The molecule has 0 unspecified atom stereocenters. The number of likely N-dealkylation sites (tertiary alicyclic amines) is 1. The van der Waals surface area contributed by atoms with Gasteiger partial charge in [-0.05, 0) is 48.9 Å². The Morgan fingerprint density at radius 1 is 1.19 bits per heavy atom. The molecule has 138 valence electrons. The number of anilines is 1. The summed E-state index contributed by atoms with van der Waals surface area (Å²) in [5, 5.41) is 3.11. The van der Waals surface area contributed by atoms with Gasteiger partial charge in [-0.15, -0.1) is 0 Å². The van der Waals surface area contributed by atoms with E-state index < -0.39 is 0 Å². The number of furan rings is 1. The van der Waals surface area contributed by atoms with Gasteiger partial charge in [0, 0.05) is 24.7 Å². The summed E-state index contributed by atoms with van der Waals surface area (Å²) in [6.07, 6.45) is 3.87. The second-order valence-corrected chi connectivity index (χ2v) is 6.93. The fourth-order valence-electron chi connectivity index (χ4n) is 3.40. The Morgan fingerprint density at radius 3 is 2.58 bits per heavy atom. The number of para-hydroxylation sites is 1. The molecular formula is C21H26N2O3. The molecule has 2 heterocycles. The number of benzene rings is 1. The summed E-state index contributed by atoms with van der Waals surface area (Å²) in [4.78, 5) is 26.8. The first kappa shape index (κ1) is 18.2. The quantitative estimate of drug-likeness (QED) is 0.871. The van der Waals surface area contributed by atoms with Gasteiger partial charge in [-0.25, -0.2) is 0 Å². The summed E-state index contributed by atoms with van der Waals surface area (Å²) in [7, 11) is 0. The van der Waals surface area contributed by atoms with Crippen LogP contribution in [0.15, 0.2) is 47.1 Å². The van der Waals surface area contributed by atoms with E-state index in [0.717, 1.165) is 12.1 Å². The fourth-order valence-corrected chi connectivity index (χ4v) is 3.40. The first-order valence-corrected chi connectivity index (χ1v) is 9.32. The third-order valence-electron chi connectivity index (χ3n) is 5.25. The SMILES string of the molecule is CC[C@H](C)c1ccccc1NC(=O)C1CCN(C(=O)c2ccco2)CC1. The number of piperidine rings is 1. The van der Waals surface area contributed by atoms with Crippen molar-refractivity contribution in [3.63, 3.8) is 0 Å². The standard InChI is InChI=1S/C21H26N2O3/c1-3-15(2)17-7-4-5-8-18(17)22-20(24)16-10-12-23(13-11-16)21(25)19-9-6-14-26-19/h4-9,14-16H,3,10-13H2,1-2H3,(H,22,24)/t15-/m0/s1. The fraction of sp³-hybridized carbons (Fsp3) is 0.429. The van der Waals surface area contributed by atoms with Crippen LogP contribution >= 0.6 is 0 Å². The van der Waals surface area contributed by atoms with Crippen LogP contribution in [0.2, 0.25) is 0 Å². The molecule has 2 amide bonds. The van der Waals surface area contributed by atoms with Crippen LogP contribution in [0.3, 0.4) is 0 Å². The van der Waals surface area contributed by atoms with Gasteiger partial charge in [0.25, 0.3) is 5.91 Å². The molecule has 0 aliphatic carbocycles. The van der Waals surface area contributed by atoms with Crippen molar-refractivity contribution < 1.29 is 14.0 Å². The van der Waals surface area contributed by atoms with E-state index >= 15 is 0 Å². The molecule has 0 radical (unpaired) electrons. The predicted octanol–water partition coefficient (Wildman–Crippen LogP) is 4.28. The van der Waals surface area contributed by atoms with Gasteiger partial charge in [0.15, 0.2) is 5.76 Å². The lowest BCUT2D eigenvalue weighted by molar-refractivity contribution is -0.121. The second-order valence-electron chi connectivity index (χ2n) is 6.93. The summed E-state index contributed by atoms with van der Waals surface area (Å²) in [6, 6.07) is 11.4. The highest BCUT2D eigenvalue weighted by atomic mass is 16.3. The van der Waals surface area contributed by atoms with Crippen LogP contribution in [0.25, 0.3) is 0 Å². The van der Waals surface area contributed by atoms with Gasteiger partial charge in [-0.1, -0.05) is 32.0 Å². The summed E-state index contributed by atoms with van der Waals surface area (Å²) in [5.74, 6) is 0.636. The predicted molar refractivity (Wildman–Crippen MR) is 101 cm³/mol. The van der Waals surface area contributed by atoms with Crippen LogP contribution in [-0.2, 0) is 4.79 Å². The Kier molecular flexibility index (Phi) is 5.76. The van der Waals surface area contributed by atoms with Gasteiger partial charge in [0.1, 0.15) is 0 Å². The zero-order valence-corrected chi connectivity index (χ0v) is 15.4. The number of hydrogen-bond acceptors (Lipinski definition) is 3. The molecule has 3 rings (SSSR count). The molecule has 2 aromatic rings. The number of rotatable bonds is 5. The first-order valence-electron chi connectivity index (χ1n) is 9.32. The van der Waals surface area contributed by atoms with Crippen LogP contribution in [0.1, 0.15) is 55.1 Å². The summed E-state index contributed by atoms with van der Waals surface area (Å²) >= 11 is 0. The lowest BCUT2D eigenvalue weighted by Crippen LogP contribution is -2.41. The lowest BCUT2D eigenvalue weighted by Gasteiger charge is -2.31. The molecule has 26 heavy (non-hydrogen) atoms. The molecule has 1 N–H and O–H groups in total. The van der Waals surface area contributed by atoms with Gasteiger partial charge in [0.2, 0.25) is 5.91 Å². The van der Waals surface area contributed by atoms with E-state index in [0.29, 0.717) is 37.6 Å². The molecule has 1 aliphatic rings. The van der Waals surface area contributed by atoms with Crippen molar-refractivity contribution in [2.45, 2.75) is 39.0 Å². The first-order chi connectivity index (χ1) is 12.6. The van der Waals surface area contributed by atoms with Crippen LogP contribution in [0.5, 0.6) is 0 Å². The minimum atomic E-state index is -0.101. The molecule has 1 aromatic carbocycles. The number of nitrogens with zero attached hydrogens (tertiary/aromatic N) is 1. The third-order valence-corrected chi connectivity index (χ3v) is 5.25. The summed E-state index contributed by atoms with van der Waals surface area (Å²) in [5.41, 5.74) is 2.08. The minimum absolute atomic E-state index is 0.0471. The zero-order valence-electron chi connectivity index (χ0n) is 15.4. The molecule has 1 atom stereocenters. The van der Waals surface area contributed by atoms with Crippen LogP contribution in [-0.4, -0.2) is 29.8 Å². The largest absolute Gasteiger partial charge is 0.459 e. The van der Waals surface area contributed by atoms with Gasteiger partial charge in [-0.3, -0.25) is 9.59 Å². The van der Waals surface area contributed by atoms with Crippen molar-refractivity contribution in [3.05, 3.63) is 54.0 Å². The molecule has 1 saturated heterocycles. The van der Waals surface area contributed by atoms with E-state index in [9.17, 15) is 9.59 Å². The normalized spacial score (nSPS) is 16.3. The van der Waals surface area contributed by atoms with Gasteiger partial charge >= 0.3 is 0 Å². The molecule has 5 heteroatoms. The molecule has 1 aromatic heterocycles. The molecule has 0 saturated carbocycles. The highest BCUT2D eigenvalue weighted by Gasteiger charge is 2.29. The Labute approximate surface area is 154 Å².